The van der Waals surface area contributed by atoms with E-state index in [0.717, 1.165) is 57.5 Å². The summed E-state index contributed by atoms with van der Waals surface area (Å²) >= 11 is 12.2. The van der Waals surface area contributed by atoms with Crippen molar-refractivity contribution in [3.63, 3.8) is 0 Å². The van der Waals surface area contributed by atoms with Gasteiger partial charge >= 0.3 is 6.18 Å². The van der Waals surface area contributed by atoms with Gasteiger partial charge < -0.3 is 19.5 Å². The van der Waals surface area contributed by atoms with Crippen LogP contribution in [0.2, 0.25) is 10.0 Å². The van der Waals surface area contributed by atoms with E-state index in [2.05, 4.69) is 35.3 Å². The van der Waals surface area contributed by atoms with Crippen LogP contribution in [-0.2, 0) is 37.0 Å². The molecule has 0 saturated carbocycles. The van der Waals surface area contributed by atoms with Gasteiger partial charge in [0, 0.05) is 19.1 Å². The van der Waals surface area contributed by atoms with Gasteiger partial charge in [-0.25, -0.2) is 0 Å². The Bertz CT molecular complexity index is 2430. The van der Waals surface area contributed by atoms with Crippen LogP contribution in [0.1, 0.15) is 64.4 Å². The number of ether oxygens (including phenoxy) is 3. The van der Waals surface area contributed by atoms with Gasteiger partial charge in [0.25, 0.3) is 0 Å². The number of nitrogens with zero attached hydrogens (tertiary/aromatic N) is 1. The first-order valence-corrected chi connectivity index (χ1v) is 20.7. The van der Waals surface area contributed by atoms with Gasteiger partial charge in [-0.3, -0.25) is 9.69 Å². The van der Waals surface area contributed by atoms with Crippen molar-refractivity contribution >= 4 is 29.1 Å². The highest BCUT2D eigenvalue weighted by Crippen LogP contribution is 2.43. The third kappa shape index (κ3) is 9.44. The summed E-state index contributed by atoms with van der Waals surface area (Å²) in [5.74, 6) is 2.00. The third-order valence-corrected chi connectivity index (χ3v) is 12.0. The van der Waals surface area contributed by atoms with Crippen LogP contribution in [0.5, 0.6) is 17.2 Å². The third-order valence-electron chi connectivity index (χ3n) is 11.2. The van der Waals surface area contributed by atoms with Gasteiger partial charge in [-0.15, -0.1) is 0 Å². The maximum Gasteiger partial charge on any atom is 0.416 e. The van der Waals surface area contributed by atoms with E-state index in [1.54, 1.807) is 12.1 Å². The summed E-state index contributed by atoms with van der Waals surface area (Å²) in [6, 6.07) is 40.1. The molecule has 11 heteroatoms. The minimum atomic E-state index is -4.37. The van der Waals surface area contributed by atoms with Crippen molar-refractivity contribution in [2.75, 3.05) is 13.2 Å². The summed E-state index contributed by atoms with van der Waals surface area (Å²) in [5, 5.41) is 4.20. The Morgan fingerprint density at radius 2 is 1.50 bits per heavy atom. The molecule has 2 heterocycles. The van der Waals surface area contributed by atoms with E-state index in [1.807, 2.05) is 78.9 Å². The van der Waals surface area contributed by atoms with Crippen molar-refractivity contribution in [3.05, 3.63) is 182 Å². The summed E-state index contributed by atoms with van der Waals surface area (Å²) in [4.78, 5) is 16.4. The number of halogens is 5. The summed E-state index contributed by atoms with van der Waals surface area (Å²) in [5.41, 5.74) is 7.04. The van der Waals surface area contributed by atoms with E-state index < -0.39 is 17.8 Å². The zero-order valence-corrected chi connectivity index (χ0v) is 34.4. The van der Waals surface area contributed by atoms with Crippen molar-refractivity contribution in [1.29, 1.82) is 0 Å². The molecular weight excluding hydrogens is 808 g/mol. The lowest BCUT2D eigenvalue weighted by Gasteiger charge is -2.41. The zero-order chi connectivity index (χ0) is 41.8. The number of rotatable bonds is 12. The number of alkyl halides is 3. The van der Waals surface area contributed by atoms with E-state index in [0.29, 0.717) is 72.0 Å². The van der Waals surface area contributed by atoms with Gasteiger partial charge in [0.05, 0.1) is 21.7 Å². The Balaban J connectivity index is 0.938. The average Bonchev–Trinajstić information content (AvgIpc) is 3.26. The molecule has 0 saturated heterocycles. The average molecular weight is 852 g/mol. The Hall–Kier alpha value is -5.48. The van der Waals surface area contributed by atoms with Crippen LogP contribution in [0.25, 0.3) is 11.1 Å². The number of carbonyl (C=O) groups is 1. The van der Waals surface area contributed by atoms with Crippen molar-refractivity contribution in [2.24, 2.45) is 0 Å². The number of amides is 1. The van der Waals surface area contributed by atoms with Crippen LogP contribution in [0.4, 0.5) is 13.2 Å². The smallest absolute Gasteiger partial charge is 0.416 e. The Labute approximate surface area is 357 Å². The zero-order valence-electron chi connectivity index (χ0n) is 32.9. The molecule has 1 amide bonds. The number of fused-ring (bicyclic) bond motifs is 2. The Morgan fingerprint density at radius 3 is 2.18 bits per heavy atom. The standard InChI is InChI=1S/C49H43Cl2F3N2O4/c1-2-43(35-6-4-3-5-7-35)56-28-38-27-46-45(59-30-47(60-46)36-15-19-40(20-16-36)58-29-32-10-21-41(50)42(51)24-32)26-37(38)25-44(56)48(57)55-23-22-31-8-11-33(12-9-31)34-13-17-39(18-14-34)49(52,53)54/h3-21,24,26-27,43-44,47H,2,22-23,25,28-30H2,1H3,(H,55,57). The SMILES string of the molecule is CCC(c1ccccc1)N1Cc2cc3c(cc2CC1C(=O)NCCc1ccc(-c2ccc(C(F)(F)F)cc2)cc1)OCC(c1ccc(OCc2ccc(Cl)c(Cl)c2)cc1)O3. The second-order valence-corrected chi connectivity index (χ2v) is 15.9. The lowest BCUT2D eigenvalue weighted by molar-refractivity contribution is -0.137. The van der Waals surface area contributed by atoms with Crippen LogP contribution < -0.4 is 19.5 Å². The molecule has 6 aromatic rings. The van der Waals surface area contributed by atoms with Crippen LogP contribution >= 0.6 is 23.2 Å². The monoisotopic (exact) mass is 850 g/mol. The van der Waals surface area contributed by atoms with E-state index in [1.165, 1.54) is 12.1 Å². The van der Waals surface area contributed by atoms with Gasteiger partial charge in [-0.05, 0) is 112 Å². The Morgan fingerprint density at radius 1 is 0.817 bits per heavy atom. The van der Waals surface area contributed by atoms with Crippen LogP contribution in [0.3, 0.4) is 0 Å². The van der Waals surface area contributed by atoms with Crippen LogP contribution in [0.15, 0.2) is 133 Å². The molecule has 60 heavy (non-hydrogen) atoms. The minimum Gasteiger partial charge on any atom is -0.489 e. The molecule has 2 aliphatic rings. The quantitative estimate of drug-likeness (QED) is 0.133. The highest BCUT2D eigenvalue weighted by atomic mass is 35.5. The fourth-order valence-corrected chi connectivity index (χ4v) is 8.30. The van der Waals surface area contributed by atoms with Crippen molar-refractivity contribution in [1.82, 2.24) is 10.2 Å². The molecule has 0 fully saturated rings. The molecule has 1 N–H and O–H groups in total. The maximum absolute atomic E-state index is 14.1. The van der Waals surface area contributed by atoms with Crippen molar-refractivity contribution in [2.45, 2.75) is 63.7 Å². The van der Waals surface area contributed by atoms with Gasteiger partial charge in [-0.2, -0.15) is 13.2 Å². The molecule has 0 radical (unpaired) electrons. The van der Waals surface area contributed by atoms with E-state index in [9.17, 15) is 18.0 Å². The molecule has 6 aromatic carbocycles. The Kier molecular flexibility index (Phi) is 12.4. The molecule has 8 rings (SSSR count). The molecule has 0 bridgehead atoms. The molecule has 0 aliphatic carbocycles. The summed E-state index contributed by atoms with van der Waals surface area (Å²) < 4.78 is 58.0. The normalized spacial score (nSPS) is 16.8. The molecule has 6 nitrogen and oxygen atoms in total. The maximum atomic E-state index is 14.1. The fourth-order valence-electron chi connectivity index (χ4n) is 7.98. The minimum absolute atomic E-state index is 0.00574. The van der Waals surface area contributed by atoms with Gasteiger partial charge in [0.15, 0.2) is 17.6 Å². The van der Waals surface area contributed by atoms with E-state index >= 15 is 0 Å². The van der Waals surface area contributed by atoms with Crippen LogP contribution in [0, 0.1) is 0 Å². The van der Waals surface area contributed by atoms with Gasteiger partial charge in [0.2, 0.25) is 5.91 Å². The molecular formula is C49H43Cl2F3N2O4. The first kappa shape index (κ1) is 41.3. The summed E-state index contributed by atoms with van der Waals surface area (Å²) in [6.45, 7) is 3.83. The van der Waals surface area contributed by atoms with Crippen molar-refractivity contribution in [3.8, 4) is 28.4 Å². The highest BCUT2D eigenvalue weighted by Gasteiger charge is 2.37. The summed E-state index contributed by atoms with van der Waals surface area (Å²) in [6.07, 6.45) is -2.76. The molecule has 0 aromatic heterocycles. The molecule has 2 aliphatic heterocycles. The first-order chi connectivity index (χ1) is 29.0. The lowest BCUT2D eigenvalue weighted by Crippen LogP contribution is -2.51. The van der Waals surface area contributed by atoms with Gasteiger partial charge in [0.1, 0.15) is 19.0 Å². The number of carbonyl (C=O) groups excluding carboxylic acids is 1. The topological polar surface area (TPSA) is 60.0 Å². The van der Waals surface area contributed by atoms with E-state index in [-0.39, 0.29) is 18.1 Å². The second-order valence-electron chi connectivity index (χ2n) is 15.1. The van der Waals surface area contributed by atoms with Crippen molar-refractivity contribution < 1.29 is 32.2 Å². The predicted molar refractivity (Wildman–Crippen MR) is 229 cm³/mol. The lowest BCUT2D eigenvalue weighted by atomic mass is 9.89. The van der Waals surface area contributed by atoms with Gasteiger partial charge in [-0.1, -0.05) is 115 Å². The summed E-state index contributed by atoms with van der Waals surface area (Å²) in [7, 11) is 0. The number of hydrogen-bond acceptors (Lipinski definition) is 5. The number of nitrogens with one attached hydrogen (secondary N) is 1. The molecule has 3 unspecified atom stereocenters. The number of benzene rings is 6. The number of hydrogen-bond donors (Lipinski definition) is 1. The van der Waals surface area contributed by atoms with Crippen LogP contribution in [-0.4, -0.2) is 30.0 Å². The largest absolute Gasteiger partial charge is 0.489 e. The first-order valence-electron chi connectivity index (χ1n) is 20.0. The molecule has 3 atom stereocenters. The van der Waals surface area contributed by atoms with E-state index in [4.69, 9.17) is 37.4 Å². The second kappa shape index (κ2) is 18.0. The fraction of sp³-hybridized carbons (Fsp3) is 0.245. The highest BCUT2D eigenvalue weighted by molar-refractivity contribution is 6.42. The molecule has 308 valence electrons. The predicted octanol–water partition coefficient (Wildman–Crippen LogP) is 12.0. The molecule has 0 spiro atoms.